The fraction of sp³-hybridized carbons (Fsp3) is 0.273. The first-order valence-corrected chi connectivity index (χ1v) is 4.82. The van der Waals surface area contributed by atoms with Crippen molar-refractivity contribution in [3.05, 3.63) is 29.6 Å². The van der Waals surface area contributed by atoms with Crippen LogP contribution in [0.3, 0.4) is 0 Å². The second-order valence-corrected chi connectivity index (χ2v) is 3.37. The van der Waals surface area contributed by atoms with E-state index in [9.17, 15) is 14.0 Å². The number of hydrogen-bond donors (Lipinski definition) is 2. The SMILES string of the molecule is COC(C)C(=O)Nc1cc(C(=O)O)ccc1F. The lowest BCUT2D eigenvalue weighted by molar-refractivity contribution is -0.124. The zero-order valence-corrected chi connectivity index (χ0v) is 9.36. The Hall–Kier alpha value is -1.95. The molecule has 1 aromatic rings. The van der Waals surface area contributed by atoms with Gasteiger partial charge in [0.15, 0.2) is 0 Å². The van der Waals surface area contributed by atoms with Crippen molar-refractivity contribution in [2.45, 2.75) is 13.0 Å². The second kappa shape index (κ2) is 5.40. The molecule has 5 nitrogen and oxygen atoms in total. The summed E-state index contributed by atoms with van der Waals surface area (Å²) < 4.78 is 18.1. The van der Waals surface area contributed by atoms with Crippen molar-refractivity contribution in [1.29, 1.82) is 0 Å². The van der Waals surface area contributed by atoms with E-state index in [0.717, 1.165) is 18.2 Å². The number of rotatable bonds is 4. The van der Waals surface area contributed by atoms with Gasteiger partial charge >= 0.3 is 5.97 Å². The summed E-state index contributed by atoms with van der Waals surface area (Å²) in [5.74, 6) is -2.44. The molecule has 1 unspecified atom stereocenters. The van der Waals surface area contributed by atoms with Gasteiger partial charge in [0.2, 0.25) is 0 Å². The van der Waals surface area contributed by atoms with E-state index in [0.29, 0.717) is 0 Å². The summed E-state index contributed by atoms with van der Waals surface area (Å²) >= 11 is 0. The van der Waals surface area contributed by atoms with E-state index in [-0.39, 0.29) is 11.3 Å². The van der Waals surface area contributed by atoms with Gasteiger partial charge in [-0.15, -0.1) is 0 Å². The second-order valence-electron chi connectivity index (χ2n) is 3.37. The summed E-state index contributed by atoms with van der Waals surface area (Å²) in [6.07, 6.45) is -0.747. The Balaban J connectivity index is 2.94. The van der Waals surface area contributed by atoms with Crippen LogP contribution in [-0.4, -0.2) is 30.2 Å². The zero-order valence-electron chi connectivity index (χ0n) is 9.36. The maximum atomic E-state index is 13.3. The highest BCUT2D eigenvalue weighted by molar-refractivity contribution is 5.96. The molecule has 0 saturated carbocycles. The van der Waals surface area contributed by atoms with E-state index in [1.807, 2.05) is 0 Å². The molecule has 6 heteroatoms. The topological polar surface area (TPSA) is 75.6 Å². The molecular weight excluding hydrogens is 229 g/mol. The number of benzene rings is 1. The third-order valence-corrected chi connectivity index (χ3v) is 2.19. The average molecular weight is 241 g/mol. The summed E-state index contributed by atoms with van der Waals surface area (Å²) in [6.45, 7) is 1.49. The third-order valence-electron chi connectivity index (χ3n) is 2.19. The first kappa shape index (κ1) is 13.1. The highest BCUT2D eigenvalue weighted by atomic mass is 19.1. The minimum absolute atomic E-state index is 0.105. The van der Waals surface area contributed by atoms with Gasteiger partial charge < -0.3 is 15.2 Å². The number of carbonyl (C=O) groups excluding carboxylic acids is 1. The Morgan fingerprint density at radius 3 is 2.65 bits per heavy atom. The fourth-order valence-electron chi connectivity index (χ4n) is 1.10. The van der Waals surface area contributed by atoms with Gasteiger partial charge in [-0.1, -0.05) is 0 Å². The maximum Gasteiger partial charge on any atom is 0.335 e. The molecule has 0 bridgehead atoms. The van der Waals surface area contributed by atoms with Crippen LogP contribution in [0.1, 0.15) is 17.3 Å². The van der Waals surface area contributed by atoms with Crippen molar-refractivity contribution in [1.82, 2.24) is 0 Å². The van der Waals surface area contributed by atoms with Crippen LogP contribution in [0.4, 0.5) is 10.1 Å². The number of carboxylic acids is 1. The largest absolute Gasteiger partial charge is 0.478 e. The monoisotopic (exact) mass is 241 g/mol. The molecule has 92 valence electrons. The predicted molar refractivity (Wildman–Crippen MR) is 58.5 cm³/mol. The highest BCUT2D eigenvalue weighted by Gasteiger charge is 2.15. The van der Waals surface area contributed by atoms with Crippen molar-refractivity contribution in [2.75, 3.05) is 12.4 Å². The minimum Gasteiger partial charge on any atom is -0.478 e. The summed E-state index contributed by atoms with van der Waals surface area (Å²) in [7, 11) is 1.34. The third kappa shape index (κ3) is 3.25. The molecule has 0 heterocycles. The van der Waals surface area contributed by atoms with E-state index in [1.54, 1.807) is 0 Å². The van der Waals surface area contributed by atoms with Gasteiger partial charge in [-0.2, -0.15) is 0 Å². The van der Waals surface area contributed by atoms with Crippen molar-refractivity contribution in [3.63, 3.8) is 0 Å². The summed E-state index contributed by atoms with van der Waals surface area (Å²) in [6, 6.07) is 3.15. The standard InChI is InChI=1S/C11H12FNO4/c1-6(17-2)10(14)13-9-5-7(11(15)16)3-4-8(9)12/h3-6H,1-2H3,(H,13,14)(H,15,16). The average Bonchev–Trinajstić information content (AvgIpc) is 2.30. The van der Waals surface area contributed by atoms with E-state index < -0.39 is 23.8 Å². The number of ether oxygens (including phenoxy) is 1. The number of halogens is 1. The van der Waals surface area contributed by atoms with E-state index in [4.69, 9.17) is 9.84 Å². The number of carbonyl (C=O) groups is 2. The molecule has 0 spiro atoms. The molecule has 1 rings (SSSR count). The molecule has 1 aromatic carbocycles. The van der Waals surface area contributed by atoms with Gasteiger partial charge in [0, 0.05) is 7.11 Å². The first-order chi connectivity index (χ1) is 7.95. The fourth-order valence-corrected chi connectivity index (χ4v) is 1.10. The molecule has 0 aliphatic rings. The lowest BCUT2D eigenvalue weighted by Gasteiger charge is -2.11. The Morgan fingerprint density at radius 1 is 1.47 bits per heavy atom. The van der Waals surface area contributed by atoms with E-state index in [2.05, 4.69) is 5.32 Å². The molecule has 0 aromatic heterocycles. The van der Waals surface area contributed by atoms with Gasteiger partial charge in [0.05, 0.1) is 11.3 Å². The van der Waals surface area contributed by atoms with Crippen molar-refractivity contribution < 1.29 is 23.8 Å². The lowest BCUT2D eigenvalue weighted by Crippen LogP contribution is -2.27. The molecule has 1 atom stereocenters. The normalized spacial score (nSPS) is 11.9. The molecule has 0 fully saturated rings. The summed E-state index contributed by atoms with van der Waals surface area (Å²) in [4.78, 5) is 22.1. The molecule has 0 saturated heterocycles. The summed E-state index contributed by atoms with van der Waals surface area (Å²) in [5.41, 5.74) is -0.287. The van der Waals surface area contributed by atoms with Crippen LogP contribution < -0.4 is 5.32 Å². The number of hydrogen-bond acceptors (Lipinski definition) is 3. The number of anilines is 1. The molecule has 17 heavy (non-hydrogen) atoms. The molecule has 0 radical (unpaired) electrons. The molecule has 2 N–H and O–H groups in total. The van der Waals surface area contributed by atoms with Gasteiger partial charge in [-0.05, 0) is 25.1 Å². The molecule has 1 amide bonds. The number of methoxy groups -OCH3 is 1. The Labute approximate surface area is 97.2 Å². The van der Waals surface area contributed by atoms with Gasteiger partial charge in [0.1, 0.15) is 11.9 Å². The quantitative estimate of drug-likeness (QED) is 0.837. The Morgan fingerprint density at radius 2 is 2.12 bits per heavy atom. The van der Waals surface area contributed by atoms with Crippen LogP contribution >= 0.6 is 0 Å². The van der Waals surface area contributed by atoms with Crippen LogP contribution in [-0.2, 0) is 9.53 Å². The van der Waals surface area contributed by atoms with Gasteiger partial charge in [0.25, 0.3) is 5.91 Å². The zero-order chi connectivity index (χ0) is 13.0. The first-order valence-electron chi connectivity index (χ1n) is 4.82. The summed E-state index contributed by atoms with van der Waals surface area (Å²) in [5, 5.41) is 11.0. The van der Waals surface area contributed by atoms with E-state index in [1.165, 1.54) is 14.0 Å². The van der Waals surface area contributed by atoms with Crippen LogP contribution in [0.15, 0.2) is 18.2 Å². The Kier molecular flexibility index (Phi) is 4.17. The molecule has 0 aliphatic heterocycles. The van der Waals surface area contributed by atoms with Crippen LogP contribution in [0.25, 0.3) is 0 Å². The van der Waals surface area contributed by atoms with Crippen molar-refractivity contribution in [3.8, 4) is 0 Å². The van der Waals surface area contributed by atoms with Crippen LogP contribution in [0, 0.1) is 5.82 Å². The minimum atomic E-state index is -1.19. The molecular formula is C11H12FNO4. The Bertz CT molecular complexity index is 447. The number of nitrogens with one attached hydrogen (secondary N) is 1. The predicted octanol–water partition coefficient (Wildman–Crippen LogP) is 1.50. The van der Waals surface area contributed by atoms with Crippen molar-refractivity contribution in [2.24, 2.45) is 0 Å². The number of amides is 1. The van der Waals surface area contributed by atoms with Crippen LogP contribution in [0.5, 0.6) is 0 Å². The lowest BCUT2D eigenvalue weighted by atomic mass is 10.2. The van der Waals surface area contributed by atoms with Crippen LogP contribution in [0.2, 0.25) is 0 Å². The smallest absolute Gasteiger partial charge is 0.335 e. The highest BCUT2D eigenvalue weighted by Crippen LogP contribution is 2.16. The molecule has 0 aliphatic carbocycles. The number of aromatic carboxylic acids is 1. The maximum absolute atomic E-state index is 13.3. The number of carboxylic acid groups (broad SMARTS) is 1. The van der Waals surface area contributed by atoms with Gasteiger partial charge in [-0.25, -0.2) is 9.18 Å². The van der Waals surface area contributed by atoms with Crippen molar-refractivity contribution >= 4 is 17.6 Å². The van der Waals surface area contributed by atoms with E-state index >= 15 is 0 Å². The van der Waals surface area contributed by atoms with Gasteiger partial charge in [-0.3, -0.25) is 4.79 Å².